The molecule has 0 radical (unpaired) electrons. The van der Waals surface area contributed by atoms with Crippen LogP contribution in [0.1, 0.15) is 5.56 Å². The van der Waals surface area contributed by atoms with Crippen molar-refractivity contribution in [3.8, 4) is 11.1 Å². The Kier molecular flexibility index (Phi) is 3.78. The van der Waals surface area contributed by atoms with E-state index in [9.17, 15) is 0 Å². The number of nitrogen functional groups attached to an aromatic ring is 1. The van der Waals surface area contributed by atoms with Crippen molar-refractivity contribution in [3.63, 3.8) is 0 Å². The summed E-state index contributed by atoms with van der Waals surface area (Å²) in [5, 5.41) is 13.8. The lowest BCUT2D eigenvalue weighted by atomic mass is 10.0. The average molecular weight is 373 g/mol. The van der Waals surface area contributed by atoms with Crippen LogP contribution in [0.25, 0.3) is 11.1 Å². The van der Waals surface area contributed by atoms with Crippen LogP contribution < -0.4 is 16.4 Å². The van der Waals surface area contributed by atoms with Crippen LogP contribution in [0.5, 0.6) is 0 Å². The molecular weight excluding hydrogens is 359 g/mol. The predicted octanol–water partition coefficient (Wildman–Crippen LogP) is 4.59. The highest BCUT2D eigenvalue weighted by Gasteiger charge is 2.17. The number of aromatic amines is 1. The van der Waals surface area contributed by atoms with Crippen molar-refractivity contribution in [2.24, 2.45) is 0 Å². The lowest BCUT2D eigenvalue weighted by molar-refractivity contribution is 1.10. The van der Waals surface area contributed by atoms with Crippen LogP contribution in [-0.4, -0.2) is 15.2 Å². The summed E-state index contributed by atoms with van der Waals surface area (Å²) in [6.45, 7) is 3.96. The Morgan fingerprint density at radius 3 is 2.60 bits per heavy atom. The first-order chi connectivity index (χ1) is 12.0. The maximum atomic E-state index is 6.49. The third-order valence-corrected chi connectivity index (χ3v) is 4.51. The summed E-state index contributed by atoms with van der Waals surface area (Å²) in [6.07, 6.45) is 0.796. The van der Waals surface area contributed by atoms with Gasteiger partial charge in [-0.3, -0.25) is 0 Å². The first-order valence-electron chi connectivity index (χ1n) is 7.51. The average Bonchev–Trinajstić information content (AvgIpc) is 3.10. The Bertz CT molecular complexity index is 972. The van der Waals surface area contributed by atoms with Crippen LogP contribution in [0.3, 0.4) is 0 Å². The Hall–Kier alpha value is -2.70. The van der Waals surface area contributed by atoms with Gasteiger partial charge < -0.3 is 16.4 Å². The SMILES string of the molecule is C=C1Cc2cc(-c3c(Cl)cc(Nc4n[nH]c(N)n4)cc3Cl)ccc2N1. The molecule has 0 atom stereocenters. The summed E-state index contributed by atoms with van der Waals surface area (Å²) in [5.41, 5.74) is 11.2. The first kappa shape index (κ1) is 15.8. The number of nitrogens with zero attached hydrogens (tertiary/aromatic N) is 2. The minimum absolute atomic E-state index is 0.227. The molecule has 0 saturated carbocycles. The molecule has 1 aliphatic rings. The molecule has 0 amide bonds. The van der Waals surface area contributed by atoms with E-state index in [1.54, 1.807) is 12.1 Å². The number of anilines is 4. The lowest BCUT2D eigenvalue weighted by Gasteiger charge is -2.12. The Balaban J connectivity index is 1.69. The summed E-state index contributed by atoms with van der Waals surface area (Å²) in [7, 11) is 0. The fourth-order valence-corrected chi connectivity index (χ4v) is 3.57. The van der Waals surface area contributed by atoms with E-state index in [0.29, 0.717) is 21.7 Å². The molecule has 2 aromatic carbocycles. The summed E-state index contributed by atoms with van der Waals surface area (Å²) < 4.78 is 0. The van der Waals surface area contributed by atoms with Gasteiger partial charge in [0.15, 0.2) is 0 Å². The molecule has 4 rings (SSSR count). The molecule has 0 aliphatic carbocycles. The topological polar surface area (TPSA) is 91.7 Å². The number of aromatic nitrogens is 3. The van der Waals surface area contributed by atoms with Gasteiger partial charge in [-0.15, -0.1) is 5.10 Å². The van der Waals surface area contributed by atoms with Gasteiger partial charge >= 0.3 is 0 Å². The number of halogens is 2. The number of rotatable bonds is 3. The van der Waals surface area contributed by atoms with E-state index >= 15 is 0 Å². The molecule has 0 bridgehead atoms. The van der Waals surface area contributed by atoms with E-state index < -0.39 is 0 Å². The summed E-state index contributed by atoms with van der Waals surface area (Å²) in [5.74, 6) is 0.573. The number of allylic oxidation sites excluding steroid dienone is 1. The van der Waals surface area contributed by atoms with E-state index in [0.717, 1.165) is 28.9 Å². The minimum Gasteiger partial charge on any atom is -0.368 e. The lowest BCUT2D eigenvalue weighted by Crippen LogP contribution is -1.94. The smallest absolute Gasteiger partial charge is 0.248 e. The molecule has 0 spiro atoms. The molecule has 2 heterocycles. The third-order valence-electron chi connectivity index (χ3n) is 3.91. The minimum atomic E-state index is 0.227. The van der Waals surface area contributed by atoms with Gasteiger partial charge in [0, 0.05) is 29.1 Å². The van der Waals surface area contributed by atoms with E-state index in [-0.39, 0.29) is 5.95 Å². The second-order valence-corrected chi connectivity index (χ2v) is 6.58. The number of nitrogens with two attached hydrogens (primary N) is 1. The van der Waals surface area contributed by atoms with E-state index in [2.05, 4.69) is 38.5 Å². The molecule has 3 aromatic rings. The van der Waals surface area contributed by atoms with E-state index in [4.69, 9.17) is 28.9 Å². The summed E-state index contributed by atoms with van der Waals surface area (Å²) in [4.78, 5) is 3.99. The van der Waals surface area contributed by atoms with Crippen molar-refractivity contribution in [3.05, 3.63) is 58.2 Å². The van der Waals surface area contributed by atoms with E-state index in [1.165, 1.54) is 5.56 Å². The highest BCUT2D eigenvalue weighted by Crippen LogP contribution is 2.40. The number of hydrogen-bond acceptors (Lipinski definition) is 5. The zero-order valence-corrected chi connectivity index (χ0v) is 14.5. The van der Waals surface area contributed by atoms with Crippen LogP contribution in [0.15, 0.2) is 42.6 Å². The molecule has 1 aliphatic heterocycles. The van der Waals surface area contributed by atoms with Crippen LogP contribution in [0.4, 0.5) is 23.3 Å². The second-order valence-electron chi connectivity index (χ2n) is 5.76. The van der Waals surface area contributed by atoms with Crippen LogP contribution in [0.2, 0.25) is 10.0 Å². The number of H-pyrrole nitrogens is 1. The largest absolute Gasteiger partial charge is 0.368 e. The van der Waals surface area contributed by atoms with Gasteiger partial charge in [-0.05, 0) is 35.4 Å². The molecular formula is C17H14Cl2N6. The first-order valence-corrected chi connectivity index (χ1v) is 8.27. The number of fused-ring (bicyclic) bond motifs is 1. The standard InChI is InChI=1S/C17H14Cl2N6/c1-8-4-10-5-9(2-3-14(10)21-8)15-12(18)6-11(7-13(15)19)22-17-23-16(20)24-25-17/h2-3,5-7,21H,1,4H2,(H4,20,22,23,24,25). The van der Waals surface area contributed by atoms with Crippen LogP contribution in [0, 0.1) is 0 Å². The molecule has 0 unspecified atom stereocenters. The molecule has 0 saturated heterocycles. The van der Waals surface area contributed by atoms with Crippen molar-refractivity contribution >= 4 is 46.5 Å². The fourth-order valence-electron chi connectivity index (χ4n) is 2.86. The zero-order valence-electron chi connectivity index (χ0n) is 13.0. The van der Waals surface area contributed by atoms with Crippen molar-refractivity contribution in [1.82, 2.24) is 15.2 Å². The van der Waals surface area contributed by atoms with Crippen LogP contribution in [-0.2, 0) is 6.42 Å². The summed E-state index contributed by atoms with van der Waals surface area (Å²) in [6, 6.07) is 9.63. The molecule has 126 valence electrons. The predicted molar refractivity (Wildman–Crippen MR) is 102 cm³/mol. The van der Waals surface area contributed by atoms with Gasteiger partial charge in [-0.1, -0.05) is 35.8 Å². The highest BCUT2D eigenvalue weighted by molar-refractivity contribution is 6.39. The van der Waals surface area contributed by atoms with Crippen molar-refractivity contribution < 1.29 is 0 Å². The van der Waals surface area contributed by atoms with Gasteiger partial charge in [-0.2, -0.15) is 4.98 Å². The van der Waals surface area contributed by atoms with Crippen molar-refractivity contribution in [1.29, 1.82) is 0 Å². The second kappa shape index (κ2) is 5.98. The van der Waals surface area contributed by atoms with Gasteiger partial charge in [0.2, 0.25) is 11.9 Å². The van der Waals surface area contributed by atoms with E-state index in [1.807, 2.05) is 12.1 Å². The van der Waals surface area contributed by atoms with Gasteiger partial charge in [0.1, 0.15) is 0 Å². The maximum Gasteiger partial charge on any atom is 0.248 e. The Morgan fingerprint density at radius 2 is 1.92 bits per heavy atom. The molecule has 0 fully saturated rings. The number of benzene rings is 2. The van der Waals surface area contributed by atoms with Gasteiger partial charge in [0.25, 0.3) is 0 Å². The number of nitrogens with one attached hydrogen (secondary N) is 3. The van der Waals surface area contributed by atoms with Crippen LogP contribution >= 0.6 is 23.2 Å². The molecule has 5 N–H and O–H groups in total. The highest BCUT2D eigenvalue weighted by atomic mass is 35.5. The third kappa shape index (κ3) is 3.01. The maximum absolute atomic E-state index is 6.49. The molecule has 6 nitrogen and oxygen atoms in total. The van der Waals surface area contributed by atoms with Gasteiger partial charge in [0.05, 0.1) is 10.0 Å². The van der Waals surface area contributed by atoms with Crippen molar-refractivity contribution in [2.75, 3.05) is 16.4 Å². The molecule has 1 aromatic heterocycles. The quantitative estimate of drug-likeness (QED) is 0.539. The Morgan fingerprint density at radius 1 is 1.16 bits per heavy atom. The van der Waals surface area contributed by atoms with Gasteiger partial charge in [-0.25, -0.2) is 5.10 Å². The summed E-state index contributed by atoms with van der Waals surface area (Å²) >= 11 is 13.0. The fraction of sp³-hybridized carbons (Fsp3) is 0.0588. The molecule has 8 heteroatoms. The number of hydrogen-bond donors (Lipinski definition) is 4. The monoisotopic (exact) mass is 372 g/mol. The Labute approximate surface area is 154 Å². The molecule has 25 heavy (non-hydrogen) atoms. The van der Waals surface area contributed by atoms with Crippen molar-refractivity contribution in [2.45, 2.75) is 6.42 Å². The normalized spacial score (nSPS) is 12.8. The zero-order chi connectivity index (χ0) is 17.6.